The minimum Gasteiger partial charge on any atom is -0.356 e. The second-order valence-corrected chi connectivity index (χ2v) is 8.66. The van der Waals surface area contributed by atoms with Gasteiger partial charge in [0.15, 0.2) is 0 Å². The van der Waals surface area contributed by atoms with Gasteiger partial charge in [-0.2, -0.15) is 0 Å². The number of nitrogens with one attached hydrogen (secondary N) is 2. The van der Waals surface area contributed by atoms with Crippen LogP contribution >= 0.6 is 0 Å². The molecule has 2 aliphatic rings. The molecule has 3 aromatic carbocycles. The lowest BCUT2D eigenvalue weighted by Gasteiger charge is -2.37. The summed E-state index contributed by atoms with van der Waals surface area (Å²) in [6.45, 7) is 0.374. The van der Waals surface area contributed by atoms with E-state index in [2.05, 4.69) is 16.4 Å². The summed E-state index contributed by atoms with van der Waals surface area (Å²) in [4.78, 5) is 32.0. The summed E-state index contributed by atoms with van der Waals surface area (Å²) in [5, 5.41) is 4.07. The van der Waals surface area contributed by atoms with Crippen LogP contribution in [0.3, 0.4) is 0 Å². The predicted octanol–water partition coefficient (Wildman–Crippen LogP) is 4.14. The smallest absolute Gasteiger partial charge is 0.255 e. The lowest BCUT2D eigenvalue weighted by atomic mass is 9.90. The lowest BCUT2D eigenvalue weighted by Crippen LogP contribution is -2.52. The van der Waals surface area contributed by atoms with Crippen molar-refractivity contribution in [2.24, 2.45) is 0 Å². The Kier molecular flexibility index (Phi) is 4.54. The second-order valence-electron chi connectivity index (χ2n) is 8.66. The Morgan fingerprint density at radius 3 is 2.76 bits per heavy atom. The third-order valence-corrected chi connectivity index (χ3v) is 6.76. The number of aromatic nitrogens is 1. The van der Waals surface area contributed by atoms with Gasteiger partial charge in [-0.3, -0.25) is 9.59 Å². The molecular formula is C27H22FN3O2. The number of amides is 2. The van der Waals surface area contributed by atoms with E-state index in [0.29, 0.717) is 24.9 Å². The number of rotatable bonds is 4. The summed E-state index contributed by atoms with van der Waals surface area (Å²) in [5.41, 5.74) is 5.46. The molecule has 2 amide bonds. The molecular weight excluding hydrogens is 417 g/mol. The SMILES string of the molecule is O=C(NCCc1cccc(F)c1)[C@@H]1Cc2c([nH]c3ccccc23)[C@@H]2c3ccccc3C(=O)N21. The fourth-order valence-electron chi connectivity index (χ4n) is 5.28. The van der Waals surface area contributed by atoms with Crippen LogP contribution < -0.4 is 5.32 Å². The first kappa shape index (κ1) is 19.7. The van der Waals surface area contributed by atoms with E-state index >= 15 is 0 Å². The zero-order valence-corrected chi connectivity index (χ0v) is 17.8. The summed E-state index contributed by atoms with van der Waals surface area (Å²) in [6.07, 6.45) is 0.966. The monoisotopic (exact) mass is 439 g/mol. The number of halogens is 1. The van der Waals surface area contributed by atoms with Crippen LogP contribution in [-0.2, 0) is 17.6 Å². The van der Waals surface area contributed by atoms with E-state index in [-0.39, 0.29) is 23.7 Å². The molecule has 33 heavy (non-hydrogen) atoms. The molecule has 4 aromatic rings. The third kappa shape index (κ3) is 3.13. The number of hydrogen-bond donors (Lipinski definition) is 2. The average Bonchev–Trinajstić information content (AvgIpc) is 3.34. The van der Waals surface area contributed by atoms with Crippen molar-refractivity contribution in [2.45, 2.75) is 24.9 Å². The molecule has 0 bridgehead atoms. The van der Waals surface area contributed by atoms with E-state index in [4.69, 9.17) is 0 Å². The maximum Gasteiger partial charge on any atom is 0.255 e. The highest BCUT2D eigenvalue weighted by atomic mass is 19.1. The minimum absolute atomic E-state index is 0.120. The number of aromatic amines is 1. The fraction of sp³-hybridized carbons (Fsp3) is 0.185. The van der Waals surface area contributed by atoms with Crippen molar-refractivity contribution < 1.29 is 14.0 Å². The first-order valence-corrected chi connectivity index (χ1v) is 11.1. The standard InChI is InChI=1S/C27H22FN3O2/c28-17-7-5-6-16(14-17)12-13-29-26(32)23-15-21-18-8-3-4-11-22(18)30-24(21)25-19-9-1-2-10-20(19)27(33)31(23)25/h1-11,14,23,25,30H,12-13,15H2,(H,29,32)/t23-,25-/m0/s1. The number of nitrogens with zero attached hydrogens (tertiary/aromatic N) is 1. The van der Waals surface area contributed by atoms with Crippen LogP contribution in [0.4, 0.5) is 4.39 Å². The molecule has 2 N–H and O–H groups in total. The maximum absolute atomic E-state index is 13.5. The summed E-state index contributed by atoms with van der Waals surface area (Å²) in [6, 6.07) is 21.1. The molecule has 0 fully saturated rings. The van der Waals surface area contributed by atoms with E-state index in [9.17, 15) is 14.0 Å². The molecule has 2 atom stereocenters. The summed E-state index contributed by atoms with van der Waals surface area (Å²) in [7, 11) is 0. The Balaban J connectivity index is 1.34. The van der Waals surface area contributed by atoms with Crippen LogP contribution in [0.5, 0.6) is 0 Å². The van der Waals surface area contributed by atoms with Gasteiger partial charge in [-0.1, -0.05) is 48.5 Å². The van der Waals surface area contributed by atoms with Crippen LogP contribution in [0, 0.1) is 5.82 Å². The van der Waals surface area contributed by atoms with Crippen LogP contribution in [0.2, 0.25) is 0 Å². The number of benzene rings is 3. The van der Waals surface area contributed by atoms with Crippen LogP contribution in [0.25, 0.3) is 10.9 Å². The minimum atomic E-state index is -0.617. The predicted molar refractivity (Wildman–Crippen MR) is 123 cm³/mol. The number of hydrogen-bond acceptors (Lipinski definition) is 2. The molecule has 0 saturated heterocycles. The Bertz CT molecular complexity index is 1410. The van der Waals surface area contributed by atoms with Gasteiger partial charge >= 0.3 is 0 Å². The number of para-hydroxylation sites is 1. The van der Waals surface area contributed by atoms with Gasteiger partial charge in [0, 0.05) is 35.1 Å². The van der Waals surface area contributed by atoms with Crippen molar-refractivity contribution >= 4 is 22.7 Å². The summed E-state index contributed by atoms with van der Waals surface area (Å²) >= 11 is 0. The zero-order valence-electron chi connectivity index (χ0n) is 17.8. The van der Waals surface area contributed by atoms with Gasteiger partial charge in [0.25, 0.3) is 5.91 Å². The van der Waals surface area contributed by atoms with Gasteiger partial charge in [-0.15, -0.1) is 0 Å². The zero-order chi connectivity index (χ0) is 22.5. The maximum atomic E-state index is 13.5. The molecule has 1 aromatic heterocycles. The van der Waals surface area contributed by atoms with Crippen molar-refractivity contribution in [2.75, 3.05) is 6.54 Å². The average molecular weight is 439 g/mol. The van der Waals surface area contributed by atoms with Crippen molar-refractivity contribution in [3.8, 4) is 0 Å². The molecule has 0 unspecified atom stereocenters. The molecule has 5 nitrogen and oxygen atoms in total. The molecule has 0 radical (unpaired) electrons. The van der Waals surface area contributed by atoms with Gasteiger partial charge in [0.1, 0.15) is 11.9 Å². The van der Waals surface area contributed by atoms with E-state index in [1.165, 1.54) is 12.1 Å². The molecule has 6 heteroatoms. The Hall–Kier alpha value is -3.93. The number of fused-ring (bicyclic) bond motifs is 7. The Morgan fingerprint density at radius 1 is 1.06 bits per heavy atom. The number of H-pyrrole nitrogens is 1. The summed E-state index contributed by atoms with van der Waals surface area (Å²) in [5.74, 6) is -0.597. The van der Waals surface area contributed by atoms with E-state index < -0.39 is 6.04 Å². The van der Waals surface area contributed by atoms with Gasteiger partial charge in [-0.05, 0) is 47.4 Å². The number of carbonyl (C=O) groups excluding carboxylic acids is 2. The van der Waals surface area contributed by atoms with Crippen LogP contribution in [0.1, 0.15) is 38.8 Å². The quantitative estimate of drug-likeness (QED) is 0.502. The van der Waals surface area contributed by atoms with Crippen molar-refractivity contribution in [1.29, 1.82) is 0 Å². The Labute approximate surface area is 190 Å². The normalized spacial score (nSPS) is 18.7. The molecule has 164 valence electrons. The van der Waals surface area contributed by atoms with E-state index in [0.717, 1.165) is 33.3 Å². The first-order chi connectivity index (χ1) is 16.1. The van der Waals surface area contributed by atoms with Crippen molar-refractivity contribution in [1.82, 2.24) is 15.2 Å². The summed E-state index contributed by atoms with van der Waals surface area (Å²) < 4.78 is 13.5. The molecule has 6 rings (SSSR count). The van der Waals surface area contributed by atoms with Gasteiger partial charge in [-0.25, -0.2) is 4.39 Å². The van der Waals surface area contributed by atoms with Crippen molar-refractivity contribution in [3.05, 3.63) is 107 Å². The largest absolute Gasteiger partial charge is 0.356 e. The van der Waals surface area contributed by atoms with Crippen LogP contribution in [0.15, 0.2) is 72.8 Å². The van der Waals surface area contributed by atoms with Gasteiger partial charge in [0.05, 0.1) is 6.04 Å². The molecule has 2 aliphatic heterocycles. The molecule has 0 spiro atoms. The lowest BCUT2D eigenvalue weighted by molar-refractivity contribution is -0.126. The van der Waals surface area contributed by atoms with E-state index in [1.807, 2.05) is 48.5 Å². The molecule has 3 heterocycles. The third-order valence-electron chi connectivity index (χ3n) is 6.76. The highest BCUT2D eigenvalue weighted by Gasteiger charge is 2.48. The van der Waals surface area contributed by atoms with E-state index in [1.54, 1.807) is 11.0 Å². The van der Waals surface area contributed by atoms with Gasteiger partial charge in [0.2, 0.25) is 5.91 Å². The topological polar surface area (TPSA) is 65.2 Å². The van der Waals surface area contributed by atoms with Gasteiger partial charge < -0.3 is 15.2 Å². The first-order valence-electron chi connectivity index (χ1n) is 11.1. The highest BCUT2D eigenvalue weighted by molar-refractivity contribution is 6.03. The fourth-order valence-corrected chi connectivity index (χ4v) is 5.28. The second kappa shape index (κ2) is 7.59. The molecule has 0 aliphatic carbocycles. The highest BCUT2D eigenvalue weighted by Crippen LogP contribution is 2.46. The molecule has 0 saturated carbocycles. The van der Waals surface area contributed by atoms with Crippen molar-refractivity contribution in [3.63, 3.8) is 0 Å². The van der Waals surface area contributed by atoms with Crippen LogP contribution in [-0.4, -0.2) is 34.3 Å². The Morgan fingerprint density at radius 2 is 1.88 bits per heavy atom. The number of carbonyl (C=O) groups is 2.